The maximum Gasteiger partial charge on any atom is 3.00 e. The number of aliphatic imine (C=N–C) groups is 2. The minimum absolute atomic E-state index is 0. The zero-order valence-electron chi connectivity index (χ0n) is 48.8. The van der Waals surface area contributed by atoms with Crippen molar-refractivity contribution in [3.63, 3.8) is 0 Å². The topological polar surface area (TPSA) is 186 Å². The van der Waals surface area contributed by atoms with E-state index >= 15 is 0 Å². The minimum Gasteiger partial charge on any atom is -0.550 e. The van der Waals surface area contributed by atoms with Crippen LogP contribution in [-0.4, -0.2) is 52.6 Å². The van der Waals surface area contributed by atoms with Crippen molar-refractivity contribution in [2.24, 2.45) is 9.98 Å². The van der Waals surface area contributed by atoms with Crippen LogP contribution in [0, 0.1) is 0 Å². The van der Waals surface area contributed by atoms with Gasteiger partial charge in [0.05, 0.1) is 22.9 Å². The average Bonchev–Trinajstić information content (AvgIpc) is 1.36. The van der Waals surface area contributed by atoms with Crippen molar-refractivity contribution in [2.45, 2.75) is 122 Å². The van der Waals surface area contributed by atoms with Gasteiger partial charge in [0.2, 0.25) is 0 Å². The number of phenols is 2. The van der Waals surface area contributed by atoms with Crippen LogP contribution in [0.4, 0.5) is 0 Å². The molecule has 83 heavy (non-hydrogen) atoms. The maximum absolute atomic E-state index is 12.3. The number of rotatable bonds is 12. The monoisotopic (exact) mass is 1150 g/mol. The molecule has 8 aromatic carbocycles. The minimum atomic E-state index is -1.08. The van der Waals surface area contributed by atoms with Crippen LogP contribution in [0.2, 0.25) is 0 Å². The molecule has 430 valence electrons. The van der Waals surface area contributed by atoms with Crippen LogP contribution in [0.5, 0.6) is 11.5 Å². The summed E-state index contributed by atoms with van der Waals surface area (Å²) < 4.78 is 0. The number of carbonyl (C=O) groups excluding carboxylic acids is 3. The van der Waals surface area contributed by atoms with Crippen molar-refractivity contribution >= 4 is 30.3 Å². The molecule has 0 amide bonds. The Kier molecular flexibility index (Phi) is 23.3. The molecule has 8 aromatic rings. The van der Waals surface area contributed by atoms with Gasteiger partial charge in [-0.25, -0.2) is 0 Å². The van der Waals surface area contributed by atoms with Gasteiger partial charge in [-0.1, -0.05) is 236 Å². The van der Waals surface area contributed by atoms with Crippen LogP contribution < -0.4 is 15.3 Å². The number of hydrogen-bond acceptors (Lipinski definition) is 10. The summed E-state index contributed by atoms with van der Waals surface area (Å²) in [6.07, 6.45) is 7.62. The molecular formula is C72H75CoN2O8. The number of nitrogens with zero attached hydrogens (tertiary/aromatic N) is 2. The van der Waals surface area contributed by atoms with E-state index in [1.807, 2.05) is 12.4 Å². The third kappa shape index (κ3) is 16.2. The van der Waals surface area contributed by atoms with Gasteiger partial charge in [0.25, 0.3) is 0 Å². The third-order valence-corrected chi connectivity index (χ3v) is 14.5. The Morgan fingerprint density at radius 3 is 0.795 bits per heavy atom. The Hall–Kier alpha value is -8.38. The van der Waals surface area contributed by atoms with Gasteiger partial charge in [-0.3, -0.25) is 9.98 Å². The fourth-order valence-corrected chi connectivity index (χ4v) is 11.0. The van der Waals surface area contributed by atoms with Crippen molar-refractivity contribution in [3.05, 3.63) is 273 Å². The van der Waals surface area contributed by atoms with E-state index in [9.17, 15) is 10.2 Å². The molecule has 0 saturated heterocycles. The summed E-state index contributed by atoms with van der Waals surface area (Å²) in [5, 5.41) is 51.2. The van der Waals surface area contributed by atoms with E-state index < -0.39 is 28.7 Å². The molecule has 1 fully saturated rings. The van der Waals surface area contributed by atoms with E-state index in [1.165, 1.54) is 0 Å². The molecule has 0 spiro atoms. The predicted octanol–water partition coefficient (Wildman–Crippen LogP) is 11.6. The smallest absolute Gasteiger partial charge is 0.550 e. The number of carboxylic acids is 3. The Morgan fingerprint density at radius 2 is 0.602 bits per heavy atom. The van der Waals surface area contributed by atoms with E-state index in [0.29, 0.717) is 11.1 Å². The van der Waals surface area contributed by atoms with Crippen molar-refractivity contribution in [1.29, 1.82) is 0 Å². The largest absolute Gasteiger partial charge is 3.00 e. The van der Waals surface area contributed by atoms with Crippen LogP contribution in [-0.2, 0) is 52.8 Å². The molecule has 0 aromatic heterocycles. The molecule has 10 nitrogen and oxygen atoms in total. The molecule has 2 atom stereocenters. The second-order valence-electron chi connectivity index (χ2n) is 22.6. The standard InChI is InChI=1S/C66H66N2O2.3C2H4O2.Co/c1-63(2,3)57-43-55(65(49-27-13-7-14-28-49,50-29-15-8-16-30-50)51-31-17-9-18-32-51)41-47(61(57)69)45-67-59-39-25-26-40-60(59)68-46-48-42-56(44-58(62(48)70)64(4,5)6)66(52-33-19-10-20-34-52,53-35-21-11-22-36-53)54-37-23-12-24-38-54;3*1-2(3)4;/h7-24,27-38,41-46,59-60,69-70H,25-26,39-40H2,1-6H3;3*1H3,(H,3,4);/q;;;;+3/p-3/t59-,60-;;;;/m1..../s1. The van der Waals surface area contributed by atoms with Crippen LogP contribution in [0.1, 0.15) is 155 Å². The SMILES string of the molecule is CC(=O)[O-].CC(=O)[O-].CC(=O)[O-].CC(C)(C)c1cc(C(c2ccccc2)(c2ccccc2)c2ccccc2)cc(C=N[C@@H]2CCCC[C@H]2N=Cc2cc(C(c3ccccc3)(c3ccccc3)c3ccccc3)cc(C(C)(C)C)c2O)c1O.[Co+3]. The number of phenolic OH excluding ortho intramolecular Hbond substituents is 2. The number of benzene rings is 8. The average molecular weight is 1160 g/mol. The van der Waals surface area contributed by atoms with E-state index in [2.05, 4.69) is 248 Å². The van der Waals surface area contributed by atoms with E-state index in [0.717, 1.165) is 102 Å². The Morgan fingerprint density at radius 1 is 0.398 bits per heavy atom. The first-order valence-electron chi connectivity index (χ1n) is 27.7. The third-order valence-electron chi connectivity index (χ3n) is 14.5. The first-order valence-corrected chi connectivity index (χ1v) is 27.7. The van der Waals surface area contributed by atoms with Crippen LogP contribution in [0.25, 0.3) is 0 Å². The molecular weight excluding hydrogens is 1080 g/mol. The second-order valence-corrected chi connectivity index (χ2v) is 22.6. The molecule has 0 bridgehead atoms. The summed E-state index contributed by atoms with van der Waals surface area (Å²) in [7, 11) is 0. The van der Waals surface area contributed by atoms with E-state index in [4.69, 9.17) is 39.7 Å². The van der Waals surface area contributed by atoms with Crippen molar-refractivity contribution in [3.8, 4) is 11.5 Å². The zero-order valence-corrected chi connectivity index (χ0v) is 49.9. The normalized spacial score (nSPS) is 14.3. The van der Waals surface area contributed by atoms with Crippen LogP contribution in [0.3, 0.4) is 0 Å². The fourth-order valence-electron chi connectivity index (χ4n) is 11.0. The number of carboxylic acid groups (broad SMARTS) is 3. The summed E-state index contributed by atoms with van der Waals surface area (Å²) in [5.41, 5.74) is 9.88. The van der Waals surface area contributed by atoms with Gasteiger partial charge >= 0.3 is 16.8 Å². The molecule has 0 radical (unpaired) electrons. The summed E-state index contributed by atoms with van der Waals surface area (Å²) >= 11 is 0. The van der Waals surface area contributed by atoms with E-state index in [1.54, 1.807) is 0 Å². The Bertz CT molecular complexity index is 2970. The maximum atomic E-state index is 12.3. The van der Waals surface area contributed by atoms with Crippen molar-refractivity contribution < 1.29 is 56.7 Å². The van der Waals surface area contributed by atoms with Gasteiger partial charge < -0.3 is 39.9 Å². The van der Waals surface area contributed by atoms with Gasteiger partial charge in [0.1, 0.15) is 11.5 Å². The summed E-state index contributed by atoms with van der Waals surface area (Å²) in [6, 6.07) is 72.8. The number of aliphatic carboxylic acids is 3. The summed E-state index contributed by atoms with van der Waals surface area (Å²) in [5.74, 6) is -2.76. The predicted molar refractivity (Wildman–Crippen MR) is 324 cm³/mol. The first kappa shape index (κ1) is 65.4. The molecule has 0 heterocycles. The fraction of sp³-hybridized carbons (Fsp3) is 0.264. The van der Waals surface area contributed by atoms with Gasteiger partial charge in [-0.05, 0) is 113 Å². The van der Waals surface area contributed by atoms with Gasteiger partial charge in [-0.15, -0.1) is 0 Å². The number of carbonyl (C=O) groups is 3. The molecule has 2 N–H and O–H groups in total. The molecule has 0 unspecified atom stereocenters. The molecule has 0 aliphatic heterocycles. The van der Waals surface area contributed by atoms with Gasteiger partial charge in [0, 0.05) is 52.6 Å². The molecule has 1 aliphatic rings. The summed E-state index contributed by atoms with van der Waals surface area (Å²) in [4.78, 5) is 37.4. The number of hydrogen-bond donors (Lipinski definition) is 2. The molecule has 1 saturated carbocycles. The van der Waals surface area contributed by atoms with Gasteiger partial charge in [0.15, 0.2) is 0 Å². The Balaban J connectivity index is 0.000000887. The Labute approximate surface area is 500 Å². The zero-order chi connectivity index (χ0) is 59.7. The molecule has 11 heteroatoms. The van der Waals surface area contributed by atoms with E-state index in [-0.39, 0.29) is 51.2 Å². The number of aromatic hydroxyl groups is 2. The quantitative estimate of drug-likeness (QED) is 0.0894. The molecule has 9 rings (SSSR count). The van der Waals surface area contributed by atoms with Crippen molar-refractivity contribution in [1.82, 2.24) is 0 Å². The first-order chi connectivity index (χ1) is 39.0. The molecule has 1 aliphatic carbocycles. The van der Waals surface area contributed by atoms with Crippen LogP contribution >= 0.6 is 0 Å². The van der Waals surface area contributed by atoms with Gasteiger partial charge in [-0.2, -0.15) is 0 Å². The van der Waals surface area contributed by atoms with Crippen molar-refractivity contribution in [2.75, 3.05) is 0 Å². The second kappa shape index (κ2) is 29.5. The summed E-state index contributed by atoms with van der Waals surface area (Å²) in [6.45, 7) is 15.9. The van der Waals surface area contributed by atoms with Crippen LogP contribution in [0.15, 0.2) is 216 Å².